The number of carboxylic acid groups (broad SMARTS) is 2. The van der Waals surface area contributed by atoms with Gasteiger partial charge in [0, 0.05) is 95.2 Å². The Bertz CT molecular complexity index is 3380. The van der Waals surface area contributed by atoms with E-state index in [9.17, 15) is 19.8 Å². The molecular weight excluding hydrogens is 997 g/mol. The normalized spacial score (nSPS) is 11.5. The van der Waals surface area contributed by atoms with Gasteiger partial charge >= 0.3 is 11.9 Å². The van der Waals surface area contributed by atoms with Crippen LogP contribution in [0.2, 0.25) is 0 Å². The summed E-state index contributed by atoms with van der Waals surface area (Å²) in [7, 11) is 3.36. The minimum Gasteiger partial charge on any atom is -1.00 e. The van der Waals surface area contributed by atoms with E-state index in [1.54, 1.807) is 23.4 Å². The van der Waals surface area contributed by atoms with Gasteiger partial charge in [-0.25, -0.2) is 9.59 Å². The number of rotatable bonds is 20. The Kier molecular flexibility index (Phi) is 19.0. The fraction of sp³-hybridized carbons (Fsp3) is 0.197. The number of carboxylic acids is 2. The van der Waals surface area contributed by atoms with Crippen LogP contribution in [-0.4, -0.2) is 85.1 Å². The molecule has 2 N–H and O–H groups in total. The standard InChI is InChI=1S/2C30H28N2O4.CH3.BrH/c2*1-35-18-19-36-17-16-32-28-9-5-3-7-25(28)26-20-22(11-13-29(26)32)10-12-23-14-15-31(21-30(33)34)27-8-4-2-6-24(23)27;;/h2*2-15,20H,16-19,21H2,1H3;1H3;1H/q;;-1;/p+1. The van der Waals surface area contributed by atoms with Crippen LogP contribution < -0.4 is 26.1 Å². The summed E-state index contributed by atoms with van der Waals surface area (Å²) in [5.74, 6) is -1.72. The van der Waals surface area contributed by atoms with E-state index < -0.39 is 11.9 Å². The molecule has 0 radical (unpaired) electrons. The van der Waals surface area contributed by atoms with Gasteiger partial charge in [-0.15, -0.1) is 0 Å². The minimum atomic E-state index is -0.859. The van der Waals surface area contributed by atoms with Crippen molar-refractivity contribution in [3.05, 3.63) is 188 Å². The lowest BCUT2D eigenvalue weighted by Gasteiger charge is -2.08. The van der Waals surface area contributed by atoms with Crippen molar-refractivity contribution >= 4 is 102 Å². The molecule has 0 fully saturated rings. The SMILES string of the molecule is COCCOCCn1c2ccccc2c2cc(/C=C/c3cc[n+](CC(=O)O)c4ccccc34)ccc21.COCCOCCn1c2ccccc2c2cc(/C=C/c3cc[n+](CC(=O)O)c4ccccc34)ccc21.[Br-].[CH3-]. The summed E-state index contributed by atoms with van der Waals surface area (Å²) in [6.45, 7) is 5.04. The van der Waals surface area contributed by atoms with Crippen LogP contribution >= 0.6 is 0 Å². The molecule has 0 aliphatic rings. The second-order valence-electron chi connectivity index (χ2n) is 17.4. The number of para-hydroxylation sites is 4. The number of aromatic nitrogens is 4. The quantitative estimate of drug-likeness (QED) is 0.0451. The Morgan fingerprint density at radius 3 is 1.24 bits per heavy atom. The van der Waals surface area contributed by atoms with Gasteiger partial charge < -0.3 is 62.7 Å². The highest BCUT2D eigenvalue weighted by atomic mass is 79.9. The molecule has 0 bridgehead atoms. The van der Waals surface area contributed by atoms with Gasteiger partial charge in [-0.1, -0.05) is 97.1 Å². The molecule has 0 spiro atoms. The molecule has 10 rings (SSSR count). The predicted octanol–water partition coefficient (Wildman–Crippen LogP) is 7.76. The zero-order chi connectivity index (χ0) is 49.8. The summed E-state index contributed by atoms with van der Waals surface area (Å²) >= 11 is 0. The Balaban J connectivity index is 0.000000211. The van der Waals surface area contributed by atoms with E-state index in [1.165, 1.54) is 43.6 Å². The maximum Gasteiger partial charge on any atom is 0.370 e. The largest absolute Gasteiger partial charge is 1.00 e. The summed E-state index contributed by atoms with van der Waals surface area (Å²) < 4.78 is 29.7. The molecule has 10 aromatic rings. The number of hydrogen-bond acceptors (Lipinski definition) is 6. The van der Waals surface area contributed by atoms with Crippen LogP contribution in [0.1, 0.15) is 22.3 Å². The Morgan fingerprint density at radius 2 is 0.838 bits per heavy atom. The maximum atomic E-state index is 11.3. The van der Waals surface area contributed by atoms with Crippen LogP contribution in [0.4, 0.5) is 0 Å². The Morgan fingerprint density at radius 1 is 0.459 bits per heavy atom. The zero-order valence-electron chi connectivity index (χ0n) is 41.9. The van der Waals surface area contributed by atoms with Crippen molar-refractivity contribution in [2.45, 2.75) is 26.2 Å². The molecule has 380 valence electrons. The van der Waals surface area contributed by atoms with E-state index in [-0.39, 0.29) is 37.5 Å². The lowest BCUT2D eigenvalue weighted by Crippen LogP contribution is -3.00. The number of ether oxygens (including phenoxy) is 4. The van der Waals surface area contributed by atoms with Gasteiger partial charge in [-0.05, 0) is 70.8 Å². The average molecular weight is 1060 g/mol. The number of pyridine rings is 2. The number of fused-ring (bicyclic) bond motifs is 8. The van der Waals surface area contributed by atoms with Gasteiger partial charge in [0.25, 0.3) is 0 Å². The van der Waals surface area contributed by atoms with Crippen LogP contribution in [0.3, 0.4) is 0 Å². The third kappa shape index (κ3) is 12.4. The van der Waals surface area contributed by atoms with Crippen molar-refractivity contribution in [3.63, 3.8) is 0 Å². The molecule has 0 saturated heterocycles. The number of aliphatic carboxylic acids is 2. The van der Waals surface area contributed by atoms with E-state index in [2.05, 4.69) is 118 Å². The highest BCUT2D eigenvalue weighted by molar-refractivity contribution is 6.10. The van der Waals surface area contributed by atoms with E-state index in [0.717, 1.165) is 57.1 Å². The monoisotopic (exact) mass is 1060 g/mol. The zero-order valence-corrected chi connectivity index (χ0v) is 43.5. The summed E-state index contributed by atoms with van der Waals surface area (Å²) in [6, 6.07) is 49.7. The molecule has 0 unspecified atom stereocenters. The number of hydrogen-bond donors (Lipinski definition) is 2. The number of halogens is 1. The van der Waals surface area contributed by atoms with Crippen LogP contribution in [0.15, 0.2) is 158 Å². The summed E-state index contributed by atoms with van der Waals surface area (Å²) in [5.41, 5.74) is 10.8. The predicted molar refractivity (Wildman–Crippen MR) is 292 cm³/mol. The smallest absolute Gasteiger partial charge is 0.370 e. The van der Waals surface area contributed by atoms with E-state index >= 15 is 0 Å². The first-order chi connectivity index (χ1) is 35.3. The van der Waals surface area contributed by atoms with Crippen molar-refractivity contribution in [2.24, 2.45) is 0 Å². The van der Waals surface area contributed by atoms with Crippen molar-refractivity contribution in [2.75, 3.05) is 53.9 Å². The third-order valence-corrected chi connectivity index (χ3v) is 12.8. The molecular formula is C61H61BrN4O8. The van der Waals surface area contributed by atoms with E-state index in [0.29, 0.717) is 39.6 Å². The Labute approximate surface area is 441 Å². The van der Waals surface area contributed by atoms with Gasteiger partial charge in [-0.2, -0.15) is 9.13 Å². The highest BCUT2D eigenvalue weighted by Gasteiger charge is 2.17. The first-order valence-corrected chi connectivity index (χ1v) is 24.1. The second kappa shape index (κ2) is 25.9. The molecule has 13 heteroatoms. The first-order valence-electron chi connectivity index (χ1n) is 24.1. The van der Waals surface area contributed by atoms with Crippen LogP contribution in [-0.2, 0) is 54.7 Å². The molecule has 12 nitrogen and oxygen atoms in total. The maximum absolute atomic E-state index is 11.3. The van der Waals surface area contributed by atoms with Crippen LogP contribution in [0, 0.1) is 7.43 Å². The van der Waals surface area contributed by atoms with E-state index in [1.807, 2.05) is 73.1 Å². The van der Waals surface area contributed by atoms with Gasteiger partial charge in [0.15, 0.2) is 12.4 Å². The van der Waals surface area contributed by atoms with Crippen LogP contribution in [0.5, 0.6) is 0 Å². The third-order valence-electron chi connectivity index (χ3n) is 12.8. The lowest BCUT2D eigenvalue weighted by molar-refractivity contribution is -0.660. The van der Waals surface area contributed by atoms with Crippen molar-refractivity contribution in [1.29, 1.82) is 0 Å². The summed E-state index contributed by atoms with van der Waals surface area (Å²) in [5, 5.41) is 25.4. The number of methoxy groups -OCH3 is 2. The number of carbonyl (C=O) groups is 2. The Hall–Kier alpha value is -7.52. The molecule has 6 aromatic carbocycles. The molecule has 0 aliphatic carbocycles. The van der Waals surface area contributed by atoms with Gasteiger partial charge in [-0.3, -0.25) is 0 Å². The van der Waals surface area contributed by atoms with Gasteiger partial charge in [0.05, 0.1) is 50.4 Å². The van der Waals surface area contributed by atoms with Gasteiger partial charge in [0.1, 0.15) is 0 Å². The topological polar surface area (TPSA) is 129 Å². The fourth-order valence-corrected chi connectivity index (χ4v) is 9.48. The van der Waals surface area contributed by atoms with Gasteiger partial charge in [0.2, 0.25) is 24.1 Å². The fourth-order valence-electron chi connectivity index (χ4n) is 9.48. The minimum absolute atomic E-state index is 0. The van der Waals surface area contributed by atoms with E-state index in [4.69, 9.17) is 18.9 Å². The highest BCUT2D eigenvalue weighted by Crippen LogP contribution is 2.32. The summed E-state index contributed by atoms with van der Waals surface area (Å²) in [6.07, 6.45) is 12.1. The molecule has 0 saturated carbocycles. The molecule has 4 heterocycles. The van der Waals surface area contributed by atoms with Crippen molar-refractivity contribution in [1.82, 2.24) is 9.13 Å². The second-order valence-corrected chi connectivity index (χ2v) is 17.4. The molecule has 74 heavy (non-hydrogen) atoms. The molecule has 4 aromatic heterocycles. The van der Waals surface area contributed by atoms with Crippen molar-refractivity contribution in [3.8, 4) is 0 Å². The lowest BCUT2D eigenvalue weighted by atomic mass is 10.1. The first kappa shape index (κ1) is 54.3. The molecule has 0 aliphatic heterocycles. The van der Waals surface area contributed by atoms with Crippen LogP contribution in [0.25, 0.3) is 89.7 Å². The average Bonchev–Trinajstić information content (AvgIpc) is 3.89. The summed E-state index contributed by atoms with van der Waals surface area (Å²) in [4.78, 5) is 22.5. The van der Waals surface area contributed by atoms with Crippen molar-refractivity contribution < 1.29 is 64.9 Å². The molecule has 0 atom stereocenters. The number of nitrogens with zero attached hydrogens (tertiary/aromatic N) is 4. The number of benzene rings is 6. The molecule has 0 amide bonds.